The van der Waals surface area contributed by atoms with Gasteiger partial charge in [-0.25, -0.2) is 0 Å². The minimum atomic E-state index is -5.76. The number of fused-ring (bicyclic) bond motifs is 2. The minimum absolute atomic E-state index is 0.230. The third-order valence-electron chi connectivity index (χ3n) is 4.49. The molecule has 0 fully saturated rings. The lowest BCUT2D eigenvalue weighted by molar-refractivity contribution is -0.0500. The molecule has 0 aliphatic carbocycles. The molecule has 0 spiro atoms. The second kappa shape index (κ2) is 5.68. The summed E-state index contributed by atoms with van der Waals surface area (Å²) in [6.45, 7) is 5.80. The highest BCUT2D eigenvalue weighted by atomic mass is 32.2. The second-order valence-corrected chi connectivity index (χ2v) is 12.6. The summed E-state index contributed by atoms with van der Waals surface area (Å²) in [6, 6.07) is 9.14. The monoisotopic (exact) mass is 400 g/mol. The van der Waals surface area contributed by atoms with Crippen LogP contribution in [0.3, 0.4) is 0 Å². The van der Waals surface area contributed by atoms with Gasteiger partial charge in [0.25, 0.3) is 0 Å². The molecule has 0 radical (unpaired) electrons. The number of alkyl halides is 3. The van der Waals surface area contributed by atoms with E-state index in [1.807, 2.05) is 32.2 Å². The van der Waals surface area contributed by atoms with E-state index in [1.165, 1.54) is 12.1 Å². The van der Waals surface area contributed by atoms with Gasteiger partial charge in [-0.3, -0.25) is 4.79 Å². The first-order chi connectivity index (χ1) is 11.8. The predicted octanol–water partition coefficient (Wildman–Crippen LogP) is 2.59. The highest BCUT2D eigenvalue weighted by Crippen LogP contribution is 2.29. The maximum Gasteiger partial charge on any atom is 0.534 e. The summed E-state index contributed by atoms with van der Waals surface area (Å²) in [4.78, 5) is 12.7. The molecule has 0 saturated heterocycles. The highest BCUT2D eigenvalue weighted by molar-refractivity contribution is 7.88. The van der Waals surface area contributed by atoms with Crippen molar-refractivity contribution in [1.82, 2.24) is 0 Å². The Kier molecular flexibility index (Phi) is 4.08. The summed E-state index contributed by atoms with van der Waals surface area (Å²) < 4.78 is 64.4. The molecular weight excluding hydrogens is 385 g/mol. The van der Waals surface area contributed by atoms with E-state index in [0.29, 0.717) is 16.3 Å². The number of ketones is 1. The number of aryl methyl sites for hydroxylation is 1. The molecule has 0 aromatic heterocycles. The van der Waals surface area contributed by atoms with Crippen molar-refractivity contribution < 1.29 is 30.6 Å². The SMILES string of the molecule is Cc1ccc2c(c1)[Si](C)(C)c1cc(OS(=O)(=O)C(F)(F)F)ccc1C2=O. The van der Waals surface area contributed by atoms with Crippen molar-refractivity contribution in [3.63, 3.8) is 0 Å². The van der Waals surface area contributed by atoms with Gasteiger partial charge in [0.05, 0.1) is 0 Å². The molecule has 0 unspecified atom stereocenters. The topological polar surface area (TPSA) is 60.4 Å². The third kappa shape index (κ3) is 2.84. The van der Waals surface area contributed by atoms with E-state index >= 15 is 0 Å². The van der Waals surface area contributed by atoms with Crippen LogP contribution in [0.2, 0.25) is 13.1 Å². The van der Waals surface area contributed by atoms with Crippen LogP contribution in [0, 0.1) is 6.92 Å². The molecule has 0 bridgehead atoms. The van der Waals surface area contributed by atoms with Crippen LogP contribution < -0.4 is 14.6 Å². The van der Waals surface area contributed by atoms with E-state index in [9.17, 15) is 26.4 Å². The molecule has 0 amide bonds. The Morgan fingerprint density at radius 3 is 2.08 bits per heavy atom. The lowest BCUT2D eigenvalue weighted by Gasteiger charge is -2.33. The molecule has 1 heterocycles. The van der Waals surface area contributed by atoms with Crippen LogP contribution in [0.4, 0.5) is 13.2 Å². The zero-order valence-electron chi connectivity index (χ0n) is 14.1. The van der Waals surface area contributed by atoms with Crippen molar-refractivity contribution in [3.8, 4) is 5.75 Å². The Morgan fingerprint density at radius 2 is 1.50 bits per heavy atom. The van der Waals surface area contributed by atoms with Gasteiger partial charge in [0, 0.05) is 11.1 Å². The maximum atomic E-state index is 12.7. The van der Waals surface area contributed by atoms with E-state index in [1.54, 1.807) is 6.07 Å². The van der Waals surface area contributed by atoms with Gasteiger partial charge in [0.1, 0.15) is 13.8 Å². The number of halogens is 3. The summed E-state index contributed by atoms with van der Waals surface area (Å²) in [5.74, 6) is -0.683. The summed E-state index contributed by atoms with van der Waals surface area (Å²) in [7, 11) is -8.20. The highest BCUT2D eigenvalue weighted by Gasteiger charge is 2.49. The van der Waals surface area contributed by atoms with E-state index in [0.717, 1.165) is 16.8 Å². The van der Waals surface area contributed by atoms with Gasteiger partial charge in [0.15, 0.2) is 5.78 Å². The number of hydrogen-bond donors (Lipinski definition) is 0. The Morgan fingerprint density at radius 1 is 0.962 bits per heavy atom. The maximum absolute atomic E-state index is 12.7. The molecule has 26 heavy (non-hydrogen) atoms. The quantitative estimate of drug-likeness (QED) is 0.442. The zero-order chi connectivity index (χ0) is 19.5. The number of carbonyl (C=O) groups excluding carboxylic acids is 1. The van der Waals surface area contributed by atoms with Crippen LogP contribution >= 0.6 is 0 Å². The molecule has 1 aliphatic rings. The first kappa shape index (κ1) is 18.7. The van der Waals surface area contributed by atoms with Gasteiger partial charge in [-0.1, -0.05) is 36.9 Å². The van der Waals surface area contributed by atoms with Crippen molar-refractivity contribution >= 4 is 34.3 Å². The van der Waals surface area contributed by atoms with Crippen LogP contribution in [0.1, 0.15) is 21.5 Å². The van der Waals surface area contributed by atoms with Crippen LogP contribution in [-0.2, 0) is 10.1 Å². The minimum Gasteiger partial charge on any atom is -0.376 e. The van der Waals surface area contributed by atoms with Crippen LogP contribution in [-0.4, -0.2) is 27.8 Å². The smallest absolute Gasteiger partial charge is 0.376 e. The van der Waals surface area contributed by atoms with Gasteiger partial charge in [0.2, 0.25) is 0 Å². The lowest BCUT2D eigenvalue weighted by Crippen LogP contribution is -2.59. The number of carbonyl (C=O) groups is 1. The molecule has 138 valence electrons. The van der Waals surface area contributed by atoms with Gasteiger partial charge in [-0.05, 0) is 35.5 Å². The second-order valence-electron chi connectivity index (χ2n) is 6.69. The average molecular weight is 400 g/mol. The number of benzene rings is 2. The summed E-state index contributed by atoms with van der Waals surface area (Å²) in [6.07, 6.45) is 0. The summed E-state index contributed by atoms with van der Waals surface area (Å²) in [5.41, 5.74) is -3.60. The lowest BCUT2D eigenvalue weighted by atomic mass is 10.0. The molecule has 0 atom stereocenters. The van der Waals surface area contributed by atoms with Gasteiger partial charge in [-0.15, -0.1) is 0 Å². The molecule has 9 heteroatoms. The van der Waals surface area contributed by atoms with Crippen LogP contribution in [0.25, 0.3) is 0 Å². The molecule has 3 rings (SSSR count). The van der Waals surface area contributed by atoms with Gasteiger partial charge >= 0.3 is 15.6 Å². The molecular formula is C17H15F3O4SSi. The third-order valence-corrected chi connectivity index (χ3v) is 8.99. The normalized spacial score (nSPS) is 16.0. The Bertz CT molecular complexity index is 1030. The molecule has 1 aliphatic heterocycles. The van der Waals surface area contributed by atoms with Gasteiger partial charge in [-0.2, -0.15) is 21.6 Å². The van der Waals surface area contributed by atoms with E-state index in [4.69, 9.17) is 0 Å². The summed E-state index contributed by atoms with van der Waals surface area (Å²) >= 11 is 0. The predicted molar refractivity (Wildman–Crippen MR) is 93.4 cm³/mol. The zero-order valence-corrected chi connectivity index (χ0v) is 16.0. The standard InChI is InChI=1S/C17H15F3O4SSi/c1-10-4-6-12-14(8-10)26(2,3)15-9-11(5-7-13(15)16(12)21)24-25(22,23)17(18,19)20/h4-9H,1-3H3. The first-order valence-corrected chi connectivity index (χ1v) is 12.1. The summed E-state index contributed by atoms with van der Waals surface area (Å²) in [5, 5.41) is 1.42. The Labute approximate surface area is 149 Å². The van der Waals surface area contributed by atoms with Crippen molar-refractivity contribution in [2.45, 2.75) is 25.5 Å². The molecule has 0 N–H and O–H groups in total. The fourth-order valence-electron chi connectivity index (χ4n) is 3.13. The number of hydrogen-bond acceptors (Lipinski definition) is 4. The van der Waals surface area contributed by atoms with Crippen LogP contribution in [0.5, 0.6) is 5.75 Å². The molecule has 0 saturated carbocycles. The van der Waals surface area contributed by atoms with E-state index in [-0.39, 0.29) is 5.78 Å². The average Bonchev–Trinajstić information content (AvgIpc) is 2.51. The molecule has 2 aromatic carbocycles. The van der Waals surface area contributed by atoms with Crippen molar-refractivity contribution in [2.75, 3.05) is 0 Å². The number of rotatable bonds is 2. The Balaban J connectivity index is 2.14. The van der Waals surface area contributed by atoms with E-state index in [2.05, 4.69) is 4.18 Å². The van der Waals surface area contributed by atoms with Crippen molar-refractivity contribution in [1.29, 1.82) is 0 Å². The van der Waals surface area contributed by atoms with E-state index < -0.39 is 29.4 Å². The van der Waals surface area contributed by atoms with Gasteiger partial charge < -0.3 is 4.18 Å². The first-order valence-electron chi connectivity index (χ1n) is 7.66. The largest absolute Gasteiger partial charge is 0.534 e. The van der Waals surface area contributed by atoms with Crippen LogP contribution in [0.15, 0.2) is 36.4 Å². The Hall–Kier alpha value is -2.13. The fraction of sp³-hybridized carbons (Fsp3) is 0.235. The van der Waals surface area contributed by atoms with Crippen molar-refractivity contribution in [2.24, 2.45) is 0 Å². The van der Waals surface area contributed by atoms with Crippen molar-refractivity contribution in [3.05, 3.63) is 53.1 Å². The fourth-order valence-corrected chi connectivity index (χ4v) is 6.70. The molecule has 2 aromatic rings. The molecule has 4 nitrogen and oxygen atoms in total.